The number of hydrogen-bond acceptors (Lipinski definition) is 2. The van der Waals surface area contributed by atoms with E-state index in [9.17, 15) is 13.2 Å². The molecule has 1 N–H and O–H groups in total. The van der Waals surface area contributed by atoms with Crippen LogP contribution in [0.15, 0.2) is 24.3 Å². The Morgan fingerprint density at radius 3 is 2.52 bits per heavy atom. The minimum Gasteiger partial charge on any atom is -0.365 e. The molecule has 2 unspecified atom stereocenters. The summed E-state index contributed by atoms with van der Waals surface area (Å²) < 4.78 is 39.7. The molecule has 1 aliphatic rings. The number of anilines is 1. The van der Waals surface area contributed by atoms with E-state index in [0.29, 0.717) is 18.2 Å². The van der Waals surface area contributed by atoms with Crippen LogP contribution in [0.5, 0.6) is 0 Å². The van der Waals surface area contributed by atoms with Crippen LogP contribution < -0.4 is 10.2 Å². The van der Waals surface area contributed by atoms with Crippen LogP contribution in [0.4, 0.5) is 18.9 Å². The zero-order valence-electron chi connectivity index (χ0n) is 12.7. The molecule has 1 saturated heterocycles. The van der Waals surface area contributed by atoms with Crippen LogP contribution in [0.1, 0.15) is 32.8 Å². The van der Waals surface area contributed by atoms with Crippen LogP contribution in [-0.4, -0.2) is 25.2 Å². The van der Waals surface area contributed by atoms with E-state index >= 15 is 0 Å². The van der Waals surface area contributed by atoms with Crippen LogP contribution in [0.3, 0.4) is 0 Å². The largest absolute Gasteiger partial charge is 0.418 e. The van der Waals surface area contributed by atoms with Crippen molar-refractivity contribution in [2.75, 3.05) is 18.0 Å². The molecule has 0 aromatic heterocycles. The smallest absolute Gasteiger partial charge is 0.365 e. The highest BCUT2D eigenvalue weighted by atomic mass is 19.4. The molecule has 0 saturated carbocycles. The third kappa shape index (κ3) is 3.51. The minimum atomic E-state index is -4.31. The quantitative estimate of drug-likeness (QED) is 0.910. The lowest BCUT2D eigenvalue weighted by Crippen LogP contribution is -2.58. The standard InChI is InChI=1S/C16H23F3N2/c1-4-12-9-20-14(11(2)3)10-21(12)15-8-6-5-7-13(15)16(17,18)19/h5-8,11-12,14,20H,4,9-10H2,1-3H3. The summed E-state index contributed by atoms with van der Waals surface area (Å²) in [6.07, 6.45) is -3.49. The highest BCUT2D eigenvalue weighted by Gasteiger charge is 2.37. The summed E-state index contributed by atoms with van der Waals surface area (Å²) in [4.78, 5) is 1.93. The maximum Gasteiger partial charge on any atom is 0.418 e. The Hall–Kier alpha value is -1.23. The topological polar surface area (TPSA) is 15.3 Å². The number of piperazine rings is 1. The van der Waals surface area contributed by atoms with Gasteiger partial charge in [0.25, 0.3) is 0 Å². The van der Waals surface area contributed by atoms with Gasteiger partial charge in [0.1, 0.15) is 0 Å². The van der Waals surface area contributed by atoms with Crippen molar-refractivity contribution in [2.45, 2.75) is 45.5 Å². The molecule has 2 nitrogen and oxygen atoms in total. The summed E-state index contributed by atoms with van der Waals surface area (Å²) in [5.41, 5.74) is -0.225. The number of hydrogen-bond donors (Lipinski definition) is 1. The van der Waals surface area contributed by atoms with E-state index in [1.165, 1.54) is 12.1 Å². The van der Waals surface area contributed by atoms with Gasteiger partial charge in [0.2, 0.25) is 0 Å². The van der Waals surface area contributed by atoms with E-state index in [-0.39, 0.29) is 12.1 Å². The van der Waals surface area contributed by atoms with E-state index in [0.717, 1.165) is 13.0 Å². The normalized spacial score (nSPS) is 23.7. The van der Waals surface area contributed by atoms with Gasteiger partial charge in [0.15, 0.2) is 0 Å². The van der Waals surface area contributed by atoms with Crippen molar-refractivity contribution in [2.24, 2.45) is 5.92 Å². The second-order valence-corrected chi connectivity index (χ2v) is 5.99. The molecular formula is C16H23F3N2. The molecule has 0 radical (unpaired) electrons. The van der Waals surface area contributed by atoms with Crippen LogP contribution in [0.2, 0.25) is 0 Å². The van der Waals surface area contributed by atoms with Crippen molar-refractivity contribution in [3.63, 3.8) is 0 Å². The maximum absolute atomic E-state index is 13.2. The van der Waals surface area contributed by atoms with Crippen molar-refractivity contribution in [1.29, 1.82) is 0 Å². The third-order valence-electron chi connectivity index (χ3n) is 4.24. The van der Waals surface area contributed by atoms with Crippen LogP contribution >= 0.6 is 0 Å². The first-order valence-electron chi connectivity index (χ1n) is 7.50. The first-order valence-corrected chi connectivity index (χ1v) is 7.50. The number of rotatable bonds is 3. The Labute approximate surface area is 124 Å². The molecular weight excluding hydrogens is 277 g/mol. The van der Waals surface area contributed by atoms with Crippen molar-refractivity contribution in [3.05, 3.63) is 29.8 Å². The zero-order chi connectivity index (χ0) is 15.6. The molecule has 21 heavy (non-hydrogen) atoms. The molecule has 0 amide bonds. The number of halogens is 3. The molecule has 5 heteroatoms. The number of nitrogens with one attached hydrogen (secondary N) is 1. The monoisotopic (exact) mass is 300 g/mol. The van der Waals surface area contributed by atoms with E-state index in [4.69, 9.17) is 0 Å². The summed E-state index contributed by atoms with van der Waals surface area (Å²) in [5, 5.41) is 3.45. The van der Waals surface area contributed by atoms with Gasteiger partial charge in [-0.2, -0.15) is 13.2 Å². The van der Waals surface area contributed by atoms with Gasteiger partial charge in [-0.25, -0.2) is 0 Å². The molecule has 2 rings (SSSR count). The Kier molecular flexibility index (Phi) is 4.81. The molecule has 1 aromatic rings. The average molecular weight is 300 g/mol. The fourth-order valence-corrected chi connectivity index (χ4v) is 2.89. The zero-order valence-corrected chi connectivity index (χ0v) is 12.7. The molecule has 0 spiro atoms. The number of para-hydroxylation sites is 1. The van der Waals surface area contributed by atoms with Gasteiger partial charge in [-0.15, -0.1) is 0 Å². The fourth-order valence-electron chi connectivity index (χ4n) is 2.89. The van der Waals surface area contributed by atoms with Crippen molar-refractivity contribution >= 4 is 5.69 Å². The molecule has 2 atom stereocenters. The number of nitrogens with zero attached hydrogens (tertiary/aromatic N) is 1. The summed E-state index contributed by atoms with van der Waals surface area (Å²) in [6, 6.07) is 6.22. The van der Waals surface area contributed by atoms with Gasteiger partial charge in [0.05, 0.1) is 5.56 Å². The molecule has 1 fully saturated rings. The molecule has 0 bridgehead atoms. The predicted molar refractivity (Wildman–Crippen MR) is 79.5 cm³/mol. The second-order valence-electron chi connectivity index (χ2n) is 5.99. The van der Waals surface area contributed by atoms with E-state index < -0.39 is 11.7 Å². The second kappa shape index (κ2) is 6.26. The van der Waals surface area contributed by atoms with Crippen LogP contribution in [0, 0.1) is 5.92 Å². The lowest BCUT2D eigenvalue weighted by Gasteiger charge is -2.44. The average Bonchev–Trinajstić information content (AvgIpc) is 2.45. The van der Waals surface area contributed by atoms with Crippen molar-refractivity contribution < 1.29 is 13.2 Å². The van der Waals surface area contributed by atoms with Gasteiger partial charge in [-0.3, -0.25) is 0 Å². The Bertz CT molecular complexity index is 471. The molecule has 1 aliphatic heterocycles. The summed E-state index contributed by atoms with van der Waals surface area (Å²) >= 11 is 0. The van der Waals surface area contributed by atoms with E-state index in [1.54, 1.807) is 12.1 Å². The highest BCUT2D eigenvalue weighted by molar-refractivity contribution is 5.56. The molecule has 0 aliphatic carbocycles. The Balaban J connectivity index is 2.37. The van der Waals surface area contributed by atoms with Crippen LogP contribution in [-0.2, 0) is 6.18 Å². The summed E-state index contributed by atoms with van der Waals surface area (Å²) in [6.45, 7) is 7.55. The first-order chi connectivity index (χ1) is 9.84. The predicted octanol–water partition coefficient (Wildman–Crippen LogP) is 3.92. The SMILES string of the molecule is CCC1CNC(C(C)C)CN1c1ccccc1C(F)(F)F. The first kappa shape index (κ1) is 16.1. The minimum absolute atomic E-state index is 0.100. The van der Waals surface area contributed by atoms with Crippen molar-refractivity contribution in [3.8, 4) is 0 Å². The van der Waals surface area contributed by atoms with Gasteiger partial charge in [-0.05, 0) is 24.5 Å². The van der Waals surface area contributed by atoms with Crippen molar-refractivity contribution in [1.82, 2.24) is 5.32 Å². The molecule has 1 heterocycles. The summed E-state index contributed by atoms with van der Waals surface area (Å²) in [5.74, 6) is 0.392. The fraction of sp³-hybridized carbons (Fsp3) is 0.625. The molecule has 1 aromatic carbocycles. The summed E-state index contributed by atoms with van der Waals surface area (Å²) in [7, 11) is 0. The maximum atomic E-state index is 13.2. The highest BCUT2D eigenvalue weighted by Crippen LogP contribution is 2.38. The van der Waals surface area contributed by atoms with Gasteiger partial charge < -0.3 is 10.2 Å². The lowest BCUT2D eigenvalue weighted by atomic mass is 9.97. The number of alkyl halides is 3. The van der Waals surface area contributed by atoms with Gasteiger partial charge in [-0.1, -0.05) is 32.9 Å². The lowest BCUT2D eigenvalue weighted by molar-refractivity contribution is -0.137. The van der Waals surface area contributed by atoms with Gasteiger partial charge >= 0.3 is 6.18 Å². The third-order valence-corrected chi connectivity index (χ3v) is 4.24. The Morgan fingerprint density at radius 1 is 1.29 bits per heavy atom. The molecule has 118 valence electrons. The van der Waals surface area contributed by atoms with Gasteiger partial charge in [0, 0.05) is 30.9 Å². The van der Waals surface area contributed by atoms with E-state index in [2.05, 4.69) is 19.2 Å². The van der Waals surface area contributed by atoms with Crippen LogP contribution in [0.25, 0.3) is 0 Å². The number of benzene rings is 1. The van der Waals surface area contributed by atoms with E-state index in [1.807, 2.05) is 11.8 Å². The Morgan fingerprint density at radius 2 is 1.95 bits per heavy atom.